The van der Waals surface area contributed by atoms with Crippen LogP contribution in [0.1, 0.15) is 24.2 Å². The normalized spacial score (nSPS) is 15.4. The first-order chi connectivity index (χ1) is 7.74. The Balaban J connectivity index is 1.67. The van der Waals surface area contributed by atoms with Gasteiger partial charge in [0.25, 0.3) is 0 Å². The van der Waals surface area contributed by atoms with Gasteiger partial charge in [0.2, 0.25) is 0 Å². The molecular formula is C12H19N3S. The first-order valence-corrected chi connectivity index (χ1v) is 6.88. The highest BCUT2D eigenvalue weighted by atomic mass is 32.2. The fourth-order valence-electron chi connectivity index (χ4n) is 1.60. The molecule has 1 aromatic heterocycles. The number of hydrogen-bond acceptors (Lipinski definition) is 4. The Morgan fingerprint density at radius 3 is 2.62 bits per heavy atom. The summed E-state index contributed by atoms with van der Waals surface area (Å²) < 4.78 is 0. The van der Waals surface area contributed by atoms with Gasteiger partial charge in [0, 0.05) is 23.7 Å². The lowest BCUT2D eigenvalue weighted by Crippen LogP contribution is -2.19. The second-order valence-electron chi connectivity index (χ2n) is 4.43. The van der Waals surface area contributed by atoms with Gasteiger partial charge in [-0.3, -0.25) is 0 Å². The van der Waals surface area contributed by atoms with Gasteiger partial charge in [-0.25, -0.2) is 9.97 Å². The molecule has 1 aliphatic rings. The van der Waals surface area contributed by atoms with E-state index < -0.39 is 0 Å². The SMILES string of the molecule is Cc1cc(C)nc(SCCNCC2CC2)n1. The number of aromatic nitrogens is 2. The van der Waals surface area contributed by atoms with Gasteiger partial charge in [0.05, 0.1) is 0 Å². The molecule has 88 valence electrons. The molecule has 0 saturated heterocycles. The Bertz CT molecular complexity index is 330. The zero-order valence-corrected chi connectivity index (χ0v) is 10.8. The van der Waals surface area contributed by atoms with E-state index in [2.05, 4.69) is 15.3 Å². The summed E-state index contributed by atoms with van der Waals surface area (Å²) in [5, 5.41) is 4.38. The molecule has 0 radical (unpaired) electrons. The molecule has 3 nitrogen and oxygen atoms in total. The van der Waals surface area contributed by atoms with Crippen LogP contribution >= 0.6 is 11.8 Å². The minimum atomic E-state index is 0.908. The fraction of sp³-hybridized carbons (Fsp3) is 0.667. The van der Waals surface area contributed by atoms with Crippen LogP contribution in [-0.2, 0) is 0 Å². The first kappa shape index (κ1) is 11.9. The molecule has 1 aromatic rings. The zero-order valence-electron chi connectivity index (χ0n) is 9.99. The lowest BCUT2D eigenvalue weighted by molar-refractivity contribution is 0.665. The minimum absolute atomic E-state index is 0.908. The number of aryl methyl sites for hydroxylation is 2. The van der Waals surface area contributed by atoms with E-state index in [-0.39, 0.29) is 0 Å². The smallest absolute Gasteiger partial charge is 0.188 e. The van der Waals surface area contributed by atoms with Crippen LogP contribution in [0.3, 0.4) is 0 Å². The molecule has 1 heterocycles. The first-order valence-electron chi connectivity index (χ1n) is 5.90. The lowest BCUT2D eigenvalue weighted by Gasteiger charge is -2.04. The van der Waals surface area contributed by atoms with Crippen molar-refractivity contribution in [3.8, 4) is 0 Å². The third-order valence-electron chi connectivity index (χ3n) is 2.60. The number of hydrogen-bond donors (Lipinski definition) is 1. The van der Waals surface area contributed by atoms with E-state index in [4.69, 9.17) is 0 Å². The number of rotatable bonds is 6. The summed E-state index contributed by atoms with van der Waals surface area (Å²) in [6.45, 7) is 6.28. The van der Waals surface area contributed by atoms with Crippen molar-refractivity contribution >= 4 is 11.8 Å². The van der Waals surface area contributed by atoms with Crippen molar-refractivity contribution in [3.05, 3.63) is 17.5 Å². The zero-order chi connectivity index (χ0) is 11.4. The summed E-state index contributed by atoms with van der Waals surface area (Å²) >= 11 is 1.74. The molecule has 0 unspecified atom stereocenters. The maximum Gasteiger partial charge on any atom is 0.188 e. The summed E-state index contributed by atoms with van der Waals surface area (Å²) in [5.74, 6) is 2.01. The van der Waals surface area contributed by atoms with Crippen LogP contribution in [0.2, 0.25) is 0 Å². The predicted octanol–water partition coefficient (Wildman–Crippen LogP) is 2.19. The standard InChI is InChI=1S/C12H19N3S/c1-9-7-10(2)15-12(14-9)16-6-5-13-8-11-3-4-11/h7,11,13H,3-6,8H2,1-2H3. The van der Waals surface area contributed by atoms with E-state index in [0.29, 0.717) is 0 Å². The van der Waals surface area contributed by atoms with Crippen LogP contribution in [0.4, 0.5) is 0 Å². The Morgan fingerprint density at radius 2 is 2.00 bits per heavy atom. The van der Waals surface area contributed by atoms with E-state index in [0.717, 1.165) is 34.8 Å². The summed E-state index contributed by atoms with van der Waals surface area (Å²) in [6, 6.07) is 2.01. The second kappa shape index (κ2) is 5.64. The van der Waals surface area contributed by atoms with Gasteiger partial charge in [-0.1, -0.05) is 11.8 Å². The maximum atomic E-state index is 4.40. The van der Waals surface area contributed by atoms with Crippen molar-refractivity contribution in [2.45, 2.75) is 31.8 Å². The highest BCUT2D eigenvalue weighted by Crippen LogP contribution is 2.27. The van der Waals surface area contributed by atoms with Crippen LogP contribution in [0.5, 0.6) is 0 Å². The molecular weight excluding hydrogens is 218 g/mol. The maximum absolute atomic E-state index is 4.40. The molecule has 16 heavy (non-hydrogen) atoms. The Morgan fingerprint density at radius 1 is 1.31 bits per heavy atom. The molecule has 0 aliphatic heterocycles. The Labute approximate surface area is 101 Å². The second-order valence-corrected chi connectivity index (χ2v) is 5.49. The average Bonchev–Trinajstić information content (AvgIpc) is 2.99. The molecule has 0 amide bonds. The van der Waals surface area contributed by atoms with Crippen molar-refractivity contribution in [3.63, 3.8) is 0 Å². The van der Waals surface area contributed by atoms with Crippen LogP contribution < -0.4 is 5.32 Å². The molecule has 1 aliphatic carbocycles. The molecule has 0 aromatic carbocycles. The third kappa shape index (κ3) is 4.10. The molecule has 1 saturated carbocycles. The van der Waals surface area contributed by atoms with Gasteiger partial charge in [-0.05, 0) is 45.2 Å². The summed E-state index contributed by atoms with van der Waals surface area (Å²) in [4.78, 5) is 8.81. The van der Waals surface area contributed by atoms with Gasteiger partial charge in [-0.2, -0.15) is 0 Å². The van der Waals surface area contributed by atoms with Crippen LogP contribution in [-0.4, -0.2) is 28.8 Å². The van der Waals surface area contributed by atoms with Gasteiger partial charge >= 0.3 is 0 Å². The van der Waals surface area contributed by atoms with E-state index in [1.165, 1.54) is 19.4 Å². The van der Waals surface area contributed by atoms with Gasteiger partial charge in [0.15, 0.2) is 5.16 Å². The fourth-order valence-corrected chi connectivity index (χ4v) is 2.45. The highest BCUT2D eigenvalue weighted by molar-refractivity contribution is 7.99. The van der Waals surface area contributed by atoms with E-state index in [9.17, 15) is 0 Å². The Hall–Kier alpha value is -0.610. The monoisotopic (exact) mass is 237 g/mol. The number of nitrogens with zero attached hydrogens (tertiary/aromatic N) is 2. The predicted molar refractivity (Wildman–Crippen MR) is 67.8 cm³/mol. The third-order valence-corrected chi connectivity index (χ3v) is 3.45. The molecule has 0 atom stereocenters. The molecule has 1 fully saturated rings. The highest BCUT2D eigenvalue weighted by Gasteiger charge is 2.19. The molecule has 1 N–H and O–H groups in total. The molecule has 2 rings (SSSR count). The van der Waals surface area contributed by atoms with Gasteiger partial charge < -0.3 is 5.32 Å². The minimum Gasteiger partial charge on any atom is -0.316 e. The number of nitrogens with one attached hydrogen (secondary N) is 1. The van der Waals surface area contributed by atoms with Crippen LogP contribution in [0.25, 0.3) is 0 Å². The lowest BCUT2D eigenvalue weighted by atomic mass is 10.4. The molecule has 0 bridgehead atoms. The van der Waals surface area contributed by atoms with E-state index in [1.807, 2.05) is 19.9 Å². The van der Waals surface area contributed by atoms with Crippen LogP contribution in [0, 0.1) is 19.8 Å². The summed E-state index contributed by atoms with van der Waals surface area (Å²) in [5.41, 5.74) is 2.11. The van der Waals surface area contributed by atoms with Crippen LogP contribution in [0.15, 0.2) is 11.2 Å². The topological polar surface area (TPSA) is 37.8 Å². The van der Waals surface area contributed by atoms with Crippen molar-refractivity contribution in [1.29, 1.82) is 0 Å². The van der Waals surface area contributed by atoms with Crippen molar-refractivity contribution < 1.29 is 0 Å². The summed E-state index contributed by atoms with van der Waals surface area (Å²) in [7, 11) is 0. The number of thioether (sulfide) groups is 1. The largest absolute Gasteiger partial charge is 0.316 e. The van der Waals surface area contributed by atoms with Crippen molar-refractivity contribution in [2.75, 3.05) is 18.8 Å². The summed E-state index contributed by atoms with van der Waals surface area (Å²) in [6.07, 6.45) is 2.83. The quantitative estimate of drug-likeness (QED) is 0.467. The Kier molecular flexibility index (Phi) is 4.18. The average molecular weight is 237 g/mol. The van der Waals surface area contributed by atoms with Crippen molar-refractivity contribution in [2.24, 2.45) is 5.92 Å². The van der Waals surface area contributed by atoms with E-state index in [1.54, 1.807) is 11.8 Å². The van der Waals surface area contributed by atoms with Gasteiger partial charge in [0.1, 0.15) is 0 Å². The molecule has 0 spiro atoms. The van der Waals surface area contributed by atoms with Gasteiger partial charge in [-0.15, -0.1) is 0 Å². The van der Waals surface area contributed by atoms with Crippen molar-refractivity contribution in [1.82, 2.24) is 15.3 Å². The van der Waals surface area contributed by atoms with E-state index >= 15 is 0 Å². The molecule has 4 heteroatoms.